The minimum Gasteiger partial charge on any atom is -0.476 e. The highest BCUT2D eigenvalue weighted by Crippen LogP contribution is 2.48. The van der Waals surface area contributed by atoms with Crippen LogP contribution < -0.4 is 4.74 Å². The molecule has 2 bridgehead atoms. The summed E-state index contributed by atoms with van der Waals surface area (Å²) in [5, 5.41) is 0. The van der Waals surface area contributed by atoms with Crippen molar-refractivity contribution < 1.29 is 26.7 Å². The van der Waals surface area contributed by atoms with Gasteiger partial charge in [0.1, 0.15) is 5.60 Å². The zero-order valence-corrected chi connectivity index (χ0v) is 14.6. The highest BCUT2D eigenvalue weighted by atomic mass is 19.2. The molecule has 0 saturated carbocycles. The van der Waals surface area contributed by atoms with Gasteiger partial charge in [0, 0.05) is 24.9 Å². The molecule has 2 fully saturated rings. The van der Waals surface area contributed by atoms with Crippen molar-refractivity contribution in [2.45, 2.75) is 43.4 Å². The Hall–Kier alpha value is -2.15. The third-order valence-electron chi connectivity index (χ3n) is 5.88. The number of ether oxygens (including phenoxy) is 1. The Morgan fingerprint density at radius 1 is 0.815 bits per heavy atom. The van der Waals surface area contributed by atoms with Gasteiger partial charge in [-0.3, -0.25) is 0 Å². The second-order valence-corrected chi connectivity index (χ2v) is 7.32. The Labute approximate surface area is 153 Å². The zero-order chi connectivity index (χ0) is 19.3. The minimum absolute atomic E-state index is 0.116. The third-order valence-corrected chi connectivity index (χ3v) is 5.88. The second kappa shape index (κ2) is 6.48. The van der Waals surface area contributed by atoms with E-state index in [0.717, 1.165) is 12.8 Å². The monoisotopic (exact) mass is 383 g/mol. The lowest BCUT2D eigenvalue weighted by Crippen LogP contribution is -2.50. The Balaban J connectivity index is 1.83. The van der Waals surface area contributed by atoms with Gasteiger partial charge in [-0.15, -0.1) is 0 Å². The average Bonchev–Trinajstić information content (AvgIpc) is 2.90. The first-order valence-corrected chi connectivity index (χ1v) is 8.82. The van der Waals surface area contributed by atoms with Gasteiger partial charge in [-0.05, 0) is 25.5 Å². The van der Waals surface area contributed by atoms with E-state index >= 15 is 0 Å². The molecule has 0 aliphatic carbocycles. The van der Waals surface area contributed by atoms with Crippen molar-refractivity contribution >= 4 is 0 Å². The summed E-state index contributed by atoms with van der Waals surface area (Å²) in [6.45, 7) is 0. The van der Waals surface area contributed by atoms with Crippen molar-refractivity contribution in [2.24, 2.45) is 0 Å². The van der Waals surface area contributed by atoms with Gasteiger partial charge in [0.05, 0.1) is 0 Å². The van der Waals surface area contributed by atoms with E-state index in [1.54, 1.807) is 30.3 Å². The average molecular weight is 383 g/mol. The van der Waals surface area contributed by atoms with Gasteiger partial charge in [-0.1, -0.05) is 30.3 Å². The number of fused-ring (bicyclic) bond motifs is 2. The molecule has 0 spiro atoms. The van der Waals surface area contributed by atoms with E-state index in [-0.39, 0.29) is 12.1 Å². The lowest BCUT2D eigenvalue weighted by Gasteiger charge is -2.45. The summed E-state index contributed by atoms with van der Waals surface area (Å²) in [4.78, 5) is 2.20. The topological polar surface area (TPSA) is 12.5 Å². The number of hydrogen-bond donors (Lipinski definition) is 0. The largest absolute Gasteiger partial charge is 0.476 e. The standard InChI is InChI=1S/C20H18F5NO/c1-26-12-7-8-13(26)10-20(9-12,11-5-3-2-4-6-11)27-19-17(24)15(22)14(21)16(23)18(19)25/h2-6,12-13H,7-10H2,1H3. The quantitative estimate of drug-likeness (QED) is 0.424. The summed E-state index contributed by atoms with van der Waals surface area (Å²) < 4.78 is 75.0. The molecule has 2 atom stereocenters. The molecule has 2 nitrogen and oxygen atoms in total. The molecule has 2 aliphatic heterocycles. The van der Waals surface area contributed by atoms with Gasteiger partial charge in [-0.25, -0.2) is 13.2 Å². The molecule has 27 heavy (non-hydrogen) atoms. The fourth-order valence-electron chi connectivity index (χ4n) is 4.42. The first-order valence-electron chi connectivity index (χ1n) is 8.82. The van der Waals surface area contributed by atoms with E-state index in [1.165, 1.54) is 0 Å². The van der Waals surface area contributed by atoms with Gasteiger partial charge >= 0.3 is 0 Å². The molecule has 2 aliphatic rings. The van der Waals surface area contributed by atoms with E-state index in [1.807, 2.05) is 7.05 Å². The molecule has 2 saturated heterocycles. The number of piperidine rings is 1. The van der Waals surface area contributed by atoms with Crippen LogP contribution in [0.3, 0.4) is 0 Å². The molecule has 144 valence electrons. The maximum Gasteiger partial charge on any atom is 0.207 e. The molecule has 2 heterocycles. The van der Waals surface area contributed by atoms with Crippen LogP contribution in [0, 0.1) is 29.1 Å². The van der Waals surface area contributed by atoms with Crippen molar-refractivity contribution in [2.75, 3.05) is 7.05 Å². The maximum absolute atomic E-state index is 14.3. The molecule has 2 aromatic rings. The summed E-state index contributed by atoms with van der Waals surface area (Å²) in [6, 6.07) is 9.07. The summed E-state index contributed by atoms with van der Waals surface area (Å²) in [5.74, 6) is -11.3. The number of benzene rings is 2. The van der Waals surface area contributed by atoms with Crippen molar-refractivity contribution in [1.29, 1.82) is 0 Å². The molecular weight excluding hydrogens is 365 g/mol. The Kier molecular flexibility index (Phi) is 4.37. The lowest BCUT2D eigenvalue weighted by molar-refractivity contribution is -0.0340. The molecule has 7 heteroatoms. The van der Waals surface area contributed by atoms with Crippen LogP contribution in [0.5, 0.6) is 5.75 Å². The molecule has 0 radical (unpaired) electrons. The fourth-order valence-corrected chi connectivity index (χ4v) is 4.42. The Bertz CT molecular complexity index is 829. The molecule has 0 amide bonds. The SMILES string of the molecule is CN1C2CCC1CC(Oc1c(F)c(F)c(F)c(F)c1F)(c1ccccc1)C2. The molecule has 0 N–H and O–H groups in total. The Morgan fingerprint density at radius 2 is 1.30 bits per heavy atom. The van der Waals surface area contributed by atoms with Crippen LogP contribution in [0.1, 0.15) is 31.2 Å². The van der Waals surface area contributed by atoms with Crippen LogP contribution in [-0.2, 0) is 5.60 Å². The first-order chi connectivity index (χ1) is 12.8. The Morgan fingerprint density at radius 3 is 1.81 bits per heavy atom. The van der Waals surface area contributed by atoms with E-state index in [4.69, 9.17) is 4.74 Å². The number of hydrogen-bond acceptors (Lipinski definition) is 2. The van der Waals surface area contributed by atoms with Gasteiger partial charge in [-0.2, -0.15) is 8.78 Å². The maximum atomic E-state index is 14.3. The summed E-state index contributed by atoms with van der Waals surface area (Å²) in [7, 11) is 1.98. The van der Waals surface area contributed by atoms with Gasteiger partial charge in [0.15, 0.2) is 5.75 Å². The minimum atomic E-state index is -2.19. The van der Waals surface area contributed by atoms with Crippen LogP contribution in [0.25, 0.3) is 0 Å². The highest BCUT2D eigenvalue weighted by molar-refractivity contribution is 5.34. The smallest absolute Gasteiger partial charge is 0.207 e. The van der Waals surface area contributed by atoms with Gasteiger partial charge in [0.25, 0.3) is 0 Å². The molecule has 0 aromatic heterocycles. The van der Waals surface area contributed by atoms with Gasteiger partial charge < -0.3 is 9.64 Å². The van der Waals surface area contributed by atoms with Crippen molar-refractivity contribution in [3.8, 4) is 5.75 Å². The highest BCUT2D eigenvalue weighted by Gasteiger charge is 2.50. The van der Waals surface area contributed by atoms with Crippen LogP contribution in [0.15, 0.2) is 30.3 Å². The predicted octanol–water partition coefficient (Wildman–Crippen LogP) is 4.91. The van der Waals surface area contributed by atoms with E-state index in [9.17, 15) is 22.0 Å². The van der Waals surface area contributed by atoms with Crippen LogP contribution in [-0.4, -0.2) is 24.0 Å². The van der Waals surface area contributed by atoms with E-state index in [0.29, 0.717) is 18.4 Å². The molecular formula is C20H18F5NO. The molecule has 4 rings (SSSR count). The number of rotatable bonds is 3. The van der Waals surface area contributed by atoms with Crippen LogP contribution in [0.2, 0.25) is 0 Å². The third kappa shape index (κ3) is 2.79. The van der Waals surface area contributed by atoms with Gasteiger partial charge in [0.2, 0.25) is 29.1 Å². The fraction of sp³-hybridized carbons (Fsp3) is 0.400. The zero-order valence-electron chi connectivity index (χ0n) is 14.6. The normalized spacial score (nSPS) is 27.8. The van der Waals surface area contributed by atoms with E-state index < -0.39 is 40.4 Å². The van der Waals surface area contributed by atoms with Crippen LogP contribution in [0.4, 0.5) is 22.0 Å². The van der Waals surface area contributed by atoms with Crippen molar-refractivity contribution in [3.05, 3.63) is 65.0 Å². The van der Waals surface area contributed by atoms with Crippen molar-refractivity contribution in [1.82, 2.24) is 4.90 Å². The molecule has 2 aromatic carbocycles. The summed E-state index contributed by atoms with van der Waals surface area (Å²) in [5.41, 5.74) is -0.489. The number of halogens is 5. The van der Waals surface area contributed by atoms with Crippen LogP contribution >= 0.6 is 0 Å². The second-order valence-electron chi connectivity index (χ2n) is 7.32. The molecule has 2 unspecified atom stereocenters. The van der Waals surface area contributed by atoms with Crippen molar-refractivity contribution in [3.63, 3.8) is 0 Å². The predicted molar refractivity (Wildman–Crippen MR) is 88.8 cm³/mol. The lowest BCUT2D eigenvalue weighted by atomic mass is 9.80. The van der Waals surface area contributed by atoms with E-state index in [2.05, 4.69) is 4.90 Å². The summed E-state index contributed by atoms with van der Waals surface area (Å²) in [6.07, 6.45) is 2.61. The summed E-state index contributed by atoms with van der Waals surface area (Å²) >= 11 is 0. The number of nitrogens with zero attached hydrogens (tertiary/aromatic N) is 1. The first kappa shape index (κ1) is 18.2.